The Morgan fingerprint density at radius 1 is 1.21 bits per heavy atom. The average Bonchev–Trinajstić information content (AvgIpc) is 2.86. The second-order valence-electron chi connectivity index (χ2n) is 5.78. The molecular formula is C15H20F3N3O3. The lowest BCUT2D eigenvalue weighted by molar-refractivity contribution is -0.162. The minimum absolute atomic E-state index is 0.269. The number of alkyl halides is 3. The van der Waals surface area contributed by atoms with Crippen LogP contribution in [-0.4, -0.2) is 65.7 Å². The molecule has 0 unspecified atom stereocenters. The highest BCUT2D eigenvalue weighted by molar-refractivity contribution is 5.87. The number of ether oxygens (including phenoxy) is 1. The summed E-state index contributed by atoms with van der Waals surface area (Å²) in [4.78, 5) is 26.4. The first-order valence-electron chi connectivity index (χ1n) is 7.50. The van der Waals surface area contributed by atoms with Crippen molar-refractivity contribution in [3.8, 4) is 0 Å². The summed E-state index contributed by atoms with van der Waals surface area (Å²) in [6.07, 6.45) is -4.07. The predicted molar refractivity (Wildman–Crippen MR) is 79.3 cm³/mol. The number of halogens is 3. The van der Waals surface area contributed by atoms with Gasteiger partial charge in [-0.1, -0.05) is 0 Å². The van der Waals surface area contributed by atoms with Crippen LogP contribution in [0.2, 0.25) is 0 Å². The molecule has 0 atom stereocenters. The Labute approximate surface area is 137 Å². The highest BCUT2D eigenvalue weighted by Crippen LogP contribution is 2.21. The van der Waals surface area contributed by atoms with Crippen LogP contribution in [0.4, 0.5) is 13.2 Å². The van der Waals surface area contributed by atoms with Crippen LogP contribution in [0.3, 0.4) is 0 Å². The fourth-order valence-corrected chi connectivity index (χ4v) is 2.72. The number of amides is 1. The number of methoxy groups -OCH3 is 1. The summed E-state index contributed by atoms with van der Waals surface area (Å²) in [6.45, 7) is 2.08. The van der Waals surface area contributed by atoms with Crippen LogP contribution >= 0.6 is 0 Å². The molecule has 0 saturated carbocycles. The summed E-state index contributed by atoms with van der Waals surface area (Å²) in [6, 6.07) is 1.73. The summed E-state index contributed by atoms with van der Waals surface area (Å²) in [5, 5.41) is 0. The van der Waals surface area contributed by atoms with Crippen LogP contribution in [-0.2, 0) is 23.1 Å². The molecule has 1 aromatic heterocycles. The third-order valence-electron chi connectivity index (χ3n) is 3.94. The molecule has 9 heteroatoms. The molecular weight excluding hydrogens is 327 g/mol. The molecule has 1 amide bonds. The molecule has 1 fully saturated rings. The van der Waals surface area contributed by atoms with Gasteiger partial charge in [0.05, 0.1) is 7.11 Å². The van der Waals surface area contributed by atoms with Gasteiger partial charge in [-0.05, 0) is 11.6 Å². The molecule has 0 aromatic carbocycles. The molecule has 0 N–H and O–H groups in total. The van der Waals surface area contributed by atoms with E-state index in [0.717, 1.165) is 5.56 Å². The van der Waals surface area contributed by atoms with Crippen molar-refractivity contribution in [1.29, 1.82) is 0 Å². The van der Waals surface area contributed by atoms with E-state index >= 15 is 0 Å². The van der Waals surface area contributed by atoms with Crippen LogP contribution in [0.25, 0.3) is 0 Å². The van der Waals surface area contributed by atoms with Crippen molar-refractivity contribution >= 4 is 11.9 Å². The van der Waals surface area contributed by atoms with E-state index in [0.29, 0.717) is 25.3 Å². The van der Waals surface area contributed by atoms with Gasteiger partial charge in [0.25, 0.3) is 0 Å². The lowest BCUT2D eigenvalue weighted by atomic mass is 10.2. The number of aromatic nitrogens is 1. The molecule has 0 aliphatic carbocycles. The van der Waals surface area contributed by atoms with Crippen molar-refractivity contribution in [2.75, 3.05) is 33.3 Å². The summed E-state index contributed by atoms with van der Waals surface area (Å²) in [7, 11) is 3.05. The third-order valence-corrected chi connectivity index (χ3v) is 3.94. The highest BCUT2D eigenvalue weighted by atomic mass is 19.4. The highest BCUT2D eigenvalue weighted by Gasteiger charge is 2.34. The van der Waals surface area contributed by atoms with Crippen LogP contribution < -0.4 is 0 Å². The second kappa shape index (κ2) is 7.25. The minimum atomic E-state index is -4.47. The zero-order valence-corrected chi connectivity index (χ0v) is 13.6. The number of hydrogen-bond acceptors (Lipinski definition) is 4. The number of aryl methyl sites for hydroxylation is 1. The van der Waals surface area contributed by atoms with Crippen LogP contribution in [0.5, 0.6) is 0 Å². The molecule has 1 aromatic rings. The summed E-state index contributed by atoms with van der Waals surface area (Å²) < 4.78 is 43.1. The van der Waals surface area contributed by atoms with Gasteiger partial charge in [0, 0.05) is 46.0 Å². The zero-order valence-electron chi connectivity index (χ0n) is 13.6. The van der Waals surface area contributed by atoms with E-state index in [1.54, 1.807) is 17.7 Å². The molecule has 0 spiro atoms. The molecule has 1 aliphatic heterocycles. The van der Waals surface area contributed by atoms with Crippen molar-refractivity contribution in [2.45, 2.75) is 19.1 Å². The first kappa shape index (κ1) is 18.3. The van der Waals surface area contributed by atoms with Gasteiger partial charge in [0.15, 0.2) is 0 Å². The zero-order chi connectivity index (χ0) is 17.9. The smallest absolute Gasteiger partial charge is 0.397 e. The van der Waals surface area contributed by atoms with E-state index < -0.39 is 24.5 Å². The number of nitrogens with zero attached hydrogens (tertiary/aromatic N) is 3. The molecule has 2 rings (SSSR count). The number of rotatable bonds is 4. The van der Waals surface area contributed by atoms with Crippen LogP contribution in [0, 0.1) is 0 Å². The fourth-order valence-electron chi connectivity index (χ4n) is 2.72. The summed E-state index contributed by atoms with van der Waals surface area (Å²) in [5.41, 5.74) is 1.35. The summed E-state index contributed by atoms with van der Waals surface area (Å²) in [5.74, 6) is -1.30. The lowest BCUT2D eigenvalue weighted by Gasteiger charge is -2.34. The van der Waals surface area contributed by atoms with E-state index in [-0.39, 0.29) is 13.1 Å². The van der Waals surface area contributed by atoms with Gasteiger partial charge in [-0.15, -0.1) is 0 Å². The molecule has 134 valence electrons. The van der Waals surface area contributed by atoms with Gasteiger partial charge in [-0.3, -0.25) is 9.69 Å². The molecule has 24 heavy (non-hydrogen) atoms. The molecule has 0 bridgehead atoms. The van der Waals surface area contributed by atoms with Crippen LogP contribution in [0.15, 0.2) is 12.3 Å². The number of esters is 1. The number of carbonyl (C=O) groups excluding carboxylic acids is 2. The Balaban J connectivity index is 1.87. The fraction of sp³-hybridized carbons (Fsp3) is 0.600. The molecule has 6 nitrogen and oxygen atoms in total. The Bertz CT molecular complexity index is 605. The first-order valence-corrected chi connectivity index (χ1v) is 7.50. The summed E-state index contributed by atoms with van der Waals surface area (Å²) >= 11 is 0. The van der Waals surface area contributed by atoms with Gasteiger partial charge in [-0.2, -0.15) is 13.2 Å². The van der Waals surface area contributed by atoms with Crippen molar-refractivity contribution in [3.05, 3.63) is 23.5 Å². The Morgan fingerprint density at radius 2 is 1.83 bits per heavy atom. The van der Waals surface area contributed by atoms with Gasteiger partial charge >= 0.3 is 12.1 Å². The normalized spacial score (nSPS) is 16.3. The second-order valence-corrected chi connectivity index (χ2v) is 5.78. The van der Waals surface area contributed by atoms with E-state index in [2.05, 4.69) is 0 Å². The van der Waals surface area contributed by atoms with Gasteiger partial charge < -0.3 is 14.2 Å². The number of carbonyl (C=O) groups is 2. The monoisotopic (exact) mass is 347 g/mol. The SMILES string of the molecule is COC(=O)c1cc(CN2CCN(C(=O)CC(F)(F)F)CC2)cn1C. The van der Waals surface area contributed by atoms with Gasteiger partial charge in [-0.25, -0.2) is 4.79 Å². The number of piperazine rings is 1. The maximum atomic E-state index is 12.3. The Morgan fingerprint density at radius 3 is 2.38 bits per heavy atom. The quantitative estimate of drug-likeness (QED) is 0.773. The molecule has 1 saturated heterocycles. The van der Waals surface area contributed by atoms with E-state index in [1.807, 2.05) is 11.1 Å². The molecule has 0 radical (unpaired) electrons. The van der Waals surface area contributed by atoms with Crippen molar-refractivity contribution < 1.29 is 27.5 Å². The number of hydrogen-bond donors (Lipinski definition) is 0. The molecule has 1 aliphatic rings. The van der Waals surface area contributed by atoms with Gasteiger partial charge in [0.2, 0.25) is 5.91 Å². The topological polar surface area (TPSA) is 54.8 Å². The van der Waals surface area contributed by atoms with Crippen molar-refractivity contribution in [1.82, 2.24) is 14.4 Å². The van der Waals surface area contributed by atoms with E-state index in [1.165, 1.54) is 12.0 Å². The van der Waals surface area contributed by atoms with Gasteiger partial charge in [0.1, 0.15) is 12.1 Å². The maximum Gasteiger partial charge on any atom is 0.397 e. The Kier molecular flexibility index (Phi) is 5.53. The predicted octanol–water partition coefficient (Wildman–Crippen LogP) is 1.41. The first-order chi connectivity index (χ1) is 11.2. The minimum Gasteiger partial charge on any atom is -0.464 e. The third kappa shape index (κ3) is 4.73. The van der Waals surface area contributed by atoms with E-state index in [4.69, 9.17) is 4.74 Å². The average molecular weight is 347 g/mol. The lowest BCUT2D eigenvalue weighted by Crippen LogP contribution is -2.49. The van der Waals surface area contributed by atoms with Crippen molar-refractivity contribution in [2.24, 2.45) is 7.05 Å². The maximum absolute atomic E-state index is 12.3. The van der Waals surface area contributed by atoms with Crippen molar-refractivity contribution in [3.63, 3.8) is 0 Å². The van der Waals surface area contributed by atoms with E-state index in [9.17, 15) is 22.8 Å². The largest absolute Gasteiger partial charge is 0.464 e. The van der Waals surface area contributed by atoms with Crippen LogP contribution in [0.1, 0.15) is 22.5 Å². The standard InChI is InChI=1S/C15H20F3N3O3/c1-19-9-11(7-12(19)14(23)24-2)10-20-3-5-21(6-4-20)13(22)8-15(16,17)18/h7,9H,3-6,8,10H2,1-2H3. The molecule has 2 heterocycles. The Hall–Kier alpha value is -2.03.